The van der Waals surface area contributed by atoms with Crippen LogP contribution in [0, 0.1) is 3.57 Å². The maximum atomic E-state index is 5.62. The second kappa shape index (κ2) is 5.92. The Labute approximate surface area is 114 Å². The number of ether oxygens (including phenoxy) is 2. The van der Waals surface area contributed by atoms with E-state index >= 15 is 0 Å². The second-order valence-electron chi connectivity index (χ2n) is 3.88. The lowest BCUT2D eigenvalue weighted by Crippen LogP contribution is -2.11. The van der Waals surface area contributed by atoms with Crippen molar-refractivity contribution in [1.82, 2.24) is 9.97 Å². The van der Waals surface area contributed by atoms with Crippen molar-refractivity contribution in [3.8, 4) is 0 Å². The Balaban J connectivity index is 2.35. The molecule has 1 aliphatic rings. The minimum Gasteiger partial charge on any atom is -0.378 e. The highest BCUT2D eigenvalue weighted by molar-refractivity contribution is 14.1. The summed E-state index contributed by atoms with van der Waals surface area (Å²) < 4.78 is 11.8. The molecule has 0 aromatic carbocycles. The Hall–Kier alpha value is -0.470. The van der Waals surface area contributed by atoms with Crippen LogP contribution < -0.4 is 5.32 Å². The first kappa shape index (κ1) is 13.0. The summed E-state index contributed by atoms with van der Waals surface area (Å²) in [6, 6.07) is 0. The van der Waals surface area contributed by atoms with Crippen molar-refractivity contribution in [3.05, 3.63) is 15.1 Å². The quantitative estimate of drug-likeness (QED) is 0.844. The summed E-state index contributed by atoms with van der Waals surface area (Å²) in [6.07, 6.45) is 2.11. The van der Waals surface area contributed by atoms with Crippen molar-refractivity contribution >= 4 is 28.4 Å². The minimum absolute atomic E-state index is 0.0368. The third kappa shape index (κ3) is 2.86. The number of methoxy groups -OCH3 is 1. The monoisotopic (exact) mass is 349 g/mol. The largest absolute Gasteiger partial charge is 0.378 e. The molecule has 0 bridgehead atoms. The van der Waals surface area contributed by atoms with Gasteiger partial charge in [-0.15, -0.1) is 0 Å². The summed E-state index contributed by atoms with van der Waals surface area (Å²) >= 11 is 2.24. The van der Waals surface area contributed by atoms with E-state index in [1.165, 1.54) is 0 Å². The summed E-state index contributed by atoms with van der Waals surface area (Å²) in [7, 11) is 3.53. The summed E-state index contributed by atoms with van der Waals surface area (Å²) in [5.74, 6) is 1.61. The normalized spacial score (nSPS) is 19.6. The van der Waals surface area contributed by atoms with Crippen LogP contribution in [0.5, 0.6) is 0 Å². The lowest BCUT2D eigenvalue weighted by molar-refractivity contribution is 0.104. The van der Waals surface area contributed by atoms with E-state index in [0.717, 1.165) is 40.4 Å². The number of aromatic nitrogens is 2. The summed E-state index contributed by atoms with van der Waals surface area (Å²) in [4.78, 5) is 9.05. The molecular weight excluding hydrogens is 333 g/mol. The van der Waals surface area contributed by atoms with Gasteiger partial charge in [-0.3, -0.25) is 0 Å². The van der Waals surface area contributed by atoms with Crippen molar-refractivity contribution < 1.29 is 9.47 Å². The zero-order chi connectivity index (χ0) is 12.3. The van der Waals surface area contributed by atoms with Crippen LogP contribution in [0.1, 0.15) is 30.5 Å². The van der Waals surface area contributed by atoms with E-state index in [1.807, 2.05) is 7.05 Å². The van der Waals surface area contributed by atoms with E-state index in [-0.39, 0.29) is 6.10 Å². The number of nitrogens with one attached hydrogen (secondary N) is 1. The molecule has 94 valence electrons. The molecule has 1 N–H and O–H groups in total. The van der Waals surface area contributed by atoms with Crippen molar-refractivity contribution in [1.29, 1.82) is 0 Å². The first-order chi connectivity index (χ1) is 8.26. The van der Waals surface area contributed by atoms with Gasteiger partial charge in [-0.05, 0) is 35.4 Å². The standard InChI is InChI=1S/C11H16IN3O2/c1-13-11-9(12)7(6-16-2)14-10(15-11)8-4-3-5-17-8/h8H,3-6H2,1-2H3,(H,13,14,15). The Morgan fingerprint density at radius 2 is 2.35 bits per heavy atom. The van der Waals surface area contributed by atoms with Gasteiger partial charge in [0.15, 0.2) is 5.82 Å². The van der Waals surface area contributed by atoms with Crippen LogP contribution in [0.2, 0.25) is 0 Å². The molecule has 0 saturated carbocycles. The molecule has 2 heterocycles. The third-order valence-electron chi connectivity index (χ3n) is 2.67. The number of rotatable bonds is 4. The molecular formula is C11H16IN3O2. The highest BCUT2D eigenvalue weighted by Crippen LogP contribution is 2.29. The molecule has 1 atom stereocenters. The Morgan fingerprint density at radius 1 is 1.53 bits per heavy atom. The molecule has 1 aromatic heterocycles. The van der Waals surface area contributed by atoms with Crippen LogP contribution >= 0.6 is 22.6 Å². The molecule has 6 heteroatoms. The van der Waals surface area contributed by atoms with Gasteiger partial charge >= 0.3 is 0 Å². The van der Waals surface area contributed by atoms with E-state index in [1.54, 1.807) is 7.11 Å². The van der Waals surface area contributed by atoms with E-state index in [2.05, 4.69) is 37.9 Å². The molecule has 1 unspecified atom stereocenters. The molecule has 5 nitrogen and oxygen atoms in total. The average molecular weight is 349 g/mol. The second-order valence-corrected chi connectivity index (χ2v) is 4.95. The Kier molecular flexibility index (Phi) is 4.52. The molecule has 1 fully saturated rings. The summed E-state index contributed by atoms with van der Waals surface area (Å²) in [5, 5.41) is 3.09. The van der Waals surface area contributed by atoms with Gasteiger partial charge in [-0.1, -0.05) is 0 Å². The first-order valence-electron chi connectivity index (χ1n) is 5.61. The summed E-state index contributed by atoms with van der Waals surface area (Å²) in [6.45, 7) is 1.30. The maximum absolute atomic E-state index is 5.62. The molecule has 2 rings (SSSR count). The van der Waals surface area contributed by atoms with Gasteiger partial charge < -0.3 is 14.8 Å². The lowest BCUT2D eigenvalue weighted by atomic mass is 10.2. The van der Waals surface area contributed by atoms with Crippen molar-refractivity contribution in [2.75, 3.05) is 26.1 Å². The predicted octanol–water partition coefficient (Wildman–Crippen LogP) is 2.12. The predicted molar refractivity (Wildman–Crippen MR) is 72.9 cm³/mol. The minimum atomic E-state index is 0.0368. The molecule has 0 amide bonds. The topological polar surface area (TPSA) is 56.3 Å². The van der Waals surface area contributed by atoms with Crippen molar-refractivity contribution in [3.63, 3.8) is 0 Å². The highest BCUT2D eigenvalue weighted by atomic mass is 127. The van der Waals surface area contributed by atoms with Gasteiger partial charge in [-0.2, -0.15) is 0 Å². The van der Waals surface area contributed by atoms with Gasteiger partial charge in [0.2, 0.25) is 0 Å². The Morgan fingerprint density at radius 3 is 2.94 bits per heavy atom. The fourth-order valence-electron chi connectivity index (χ4n) is 1.84. The fourth-order valence-corrected chi connectivity index (χ4v) is 2.50. The number of halogens is 1. The SMILES string of the molecule is CNc1nc(C2CCCO2)nc(COC)c1I. The molecule has 1 saturated heterocycles. The van der Waals surface area contributed by atoms with Gasteiger partial charge in [0.1, 0.15) is 11.9 Å². The Bertz CT molecular complexity index is 395. The van der Waals surface area contributed by atoms with Crippen LogP contribution in [-0.2, 0) is 16.1 Å². The van der Waals surface area contributed by atoms with Crippen LogP contribution in [0.15, 0.2) is 0 Å². The molecule has 17 heavy (non-hydrogen) atoms. The van der Waals surface area contributed by atoms with Crippen LogP contribution in [0.25, 0.3) is 0 Å². The maximum Gasteiger partial charge on any atom is 0.159 e. The fraction of sp³-hybridized carbons (Fsp3) is 0.636. The van der Waals surface area contributed by atoms with Crippen molar-refractivity contribution in [2.24, 2.45) is 0 Å². The highest BCUT2D eigenvalue weighted by Gasteiger charge is 2.23. The number of nitrogens with zero attached hydrogens (tertiary/aromatic N) is 2. The first-order valence-corrected chi connectivity index (χ1v) is 6.68. The van der Waals surface area contributed by atoms with Crippen LogP contribution in [0.4, 0.5) is 5.82 Å². The number of anilines is 1. The van der Waals surface area contributed by atoms with Crippen molar-refractivity contribution in [2.45, 2.75) is 25.6 Å². The zero-order valence-electron chi connectivity index (χ0n) is 9.99. The third-order valence-corrected chi connectivity index (χ3v) is 3.81. The van der Waals surface area contributed by atoms with Gasteiger partial charge in [0.05, 0.1) is 15.9 Å². The molecule has 1 aliphatic heterocycles. The van der Waals surface area contributed by atoms with E-state index in [4.69, 9.17) is 9.47 Å². The smallest absolute Gasteiger partial charge is 0.159 e. The molecule has 0 aliphatic carbocycles. The number of hydrogen-bond donors (Lipinski definition) is 1. The van der Waals surface area contributed by atoms with Crippen LogP contribution in [0.3, 0.4) is 0 Å². The van der Waals surface area contributed by atoms with E-state index in [9.17, 15) is 0 Å². The van der Waals surface area contributed by atoms with Crippen LogP contribution in [-0.4, -0.2) is 30.7 Å². The molecule has 0 radical (unpaired) electrons. The van der Waals surface area contributed by atoms with Gasteiger partial charge in [-0.25, -0.2) is 9.97 Å². The van der Waals surface area contributed by atoms with E-state index < -0.39 is 0 Å². The number of hydrogen-bond acceptors (Lipinski definition) is 5. The zero-order valence-corrected chi connectivity index (χ0v) is 12.2. The van der Waals surface area contributed by atoms with E-state index in [0.29, 0.717) is 6.61 Å². The van der Waals surface area contributed by atoms with Gasteiger partial charge in [0.25, 0.3) is 0 Å². The van der Waals surface area contributed by atoms with Gasteiger partial charge in [0, 0.05) is 20.8 Å². The lowest BCUT2D eigenvalue weighted by Gasteiger charge is -2.13. The average Bonchev–Trinajstić information content (AvgIpc) is 2.85. The summed E-state index contributed by atoms with van der Waals surface area (Å²) in [5.41, 5.74) is 0.915. The molecule has 1 aromatic rings. The molecule has 0 spiro atoms.